The Balaban J connectivity index is 3.31. The van der Waals surface area contributed by atoms with Crippen LogP contribution in [0.1, 0.15) is 73.4 Å². The molecule has 0 bridgehead atoms. The van der Waals surface area contributed by atoms with E-state index in [1.165, 1.54) is 17.0 Å². The molecular formula is C23H37N3O5. The SMILES string of the molecule is CCC(C)(C)N(C(=O)CNC(=O)OC(C)(C)C)C(C(=O)NC(C)C)c1ccc(O)cc1. The summed E-state index contributed by atoms with van der Waals surface area (Å²) in [5.74, 6) is -0.700. The van der Waals surface area contributed by atoms with E-state index in [1.807, 2.05) is 34.6 Å². The number of phenolic OH excluding ortho intramolecular Hbond substituents is 1. The summed E-state index contributed by atoms with van der Waals surface area (Å²) in [5.41, 5.74) is -0.826. The van der Waals surface area contributed by atoms with Crippen LogP contribution in [0.4, 0.5) is 4.79 Å². The second-order valence-electron chi connectivity index (χ2n) is 9.44. The van der Waals surface area contributed by atoms with Gasteiger partial charge < -0.3 is 25.4 Å². The molecule has 0 aliphatic carbocycles. The molecule has 0 aliphatic heterocycles. The molecule has 0 fully saturated rings. The molecule has 1 unspecified atom stereocenters. The Bertz CT molecular complexity index is 766. The fourth-order valence-corrected chi connectivity index (χ4v) is 2.99. The van der Waals surface area contributed by atoms with Crippen molar-refractivity contribution in [3.63, 3.8) is 0 Å². The Hall–Kier alpha value is -2.77. The van der Waals surface area contributed by atoms with Crippen molar-refractivity contribution in [1.29, 1.82) is 0 Å². The second kappa shape index (κ2) is 10.5. The molecule has 0 saturated carbocycles. The molecule has 0 spiro atoms. The van der Waals surface area contributed by atoms with Gasteiger partial charge in [0.25, 0.3) is 0 Å². The lowest BCUT2D eigenvalue weighted by molar-refractivity contribution is -0.147. The topological polar surface area (TPSA) is 108 Å². The molecular weight excluding hydrogens is 398 g/mol. The number of carbonyl (C=O) groups excluding carboxylic acids is 3. The van der Waals surface area contributed by atoms with Crippen LogP contribution in [0.2, 0.25) is 0 Å². The van der Waals surface area contributed by atoms with Crippen LogP contribution in [0, 0.1) is 0 Å². The Labute approximate surface area is 185 Å². The van der Waals surface area contributed by atoms with E-state index in [0.717, 1.165) is 0 Å². The predicted octanol–water partition coefficient (Wildman–Crippen LogP) is 3.50. The summed E-state index contributed by atoms with van der Waals surface area (Å²) in [7, 11) is 0. The Morgan fingerprint density at radius 1 is 1.06 bits per heavy atom. The Morgan fingerprint density at radius 2 is 1.61 bits per heavy atom. The number of carbonyl (C=O) groups is 3. The summed E-state index contributed by atoms with van der Waals surface area (Å²) >= 11 is 0. The monoisotopic (exact) mass is 435 g/mol. The third kappa shape index (κ3) is 8.11. The molecule has 8 nitrogen and oxygen atoms in total. The highest BCUT2D eigenvalue weighted by atomic mass is 16.6. The van der Waals surface area contributed by atoms with Crippen molar-refractivity contribution in [1.82, 2.24) is 15.5 Å². The van der Waals surface area contributed by atoms with Gasteiger partial charge in [0.2, 0.25) is 11.8 Å². The summed E-state index contributed by atoms with van der Waals surface area (Å²) in [4.78, 5) is 40.1. The van der Waals surface area contributed by atoms with E-state index in [4.69, 9.17) is 4.74 Å². The first-order valence-electron chi connectivity index (χ1n) is 10.6. The van der Waals surface area contributed by atoms with Crippen molar-refractivity contribution in [2.24, 2.45) is 0 Å². The highest BCUT2D eigenvalue weighted by Gasteiger charge is 2.40. The number of hydrogen-bond donors (Lipinski definition) is 3. The number of amides is 3. The maximum absolute atomic E-state index is 13.3. The highest BCUT2D eigenvalue weighted by molar-refractivity contribution is 5.91. The third-order valence-corrected chi connectivity index (χ3v) is 4.72. The summed E-state index contributed by atoms with van der Waals surface area (Å²) in [6.45, 7) is 14.2. The number of rotatable bonds is 8. The van der Waals surface area contributed by atoms with E-state index in [-0.39, 0.29) is 24.2 Å². The average Bonchev–Trinajstić information content (AvgIpc) is 2.62. The largest absolute Gasteiger partial charge is 0.508 e. The lowest BCUT2D eigenvalue weighted by Gasteiger charge is -2.43. The van der Waals surface area contributed by atoms with E-state index < -0.39 is 29.2 Å². The van der Waals surface area contributed by atoms with Gasteiger partial charge in [-0.2, -0.15) is 0 Å². The molecule has 1 aromatic rings. The van der Waals surface area contributed by atoms with E-state index in [1.54, 1.807) is 32.9 Å². The Kier molecular flexibility index (Phi) is 8.90. The molecule has 174 valence electrons. The third-order valence-electron chi connectivity index (χ3n) is 4.72. The van der Waals surface area contributed by atoms with E-state index in [9.17, 15) is 19.5 Å². The first-order chi connectivity index (χ1) is 14.2. The van der Waals surface area contributed by atoms with Crippen LogP contribution in [0.3, 0.4) is 0 Å². The van der Waals surface area contributed by atoms with Crippen molar-refractivity contribution in [3.8, 4) is 5.75 Å². The van der Waals surface area contributed by atoms with Gasteiger partial charge in [-0.25, -0.2) is 4.79 Å². The number of benzene rings is 1. The van der Waals surface area contributed by atoms with E-state index >= 15 is 0 Å². The quantitative estimate of drug-likeness (QED) is 0.579. The smallest absolute Gasteiger partial charge is 0.408 e. The van der Waals surface area contributed by atoms with Gasteiger partial charge in [-0.3, -0.25) is 9.59 Å². The fourth-order valence-electron chi connectivity index (χ4n) is 2.99. The number of nitrogens with zero attached hydrogens (tertiary/aromatic N) is 1. The lowest BCUT2D eigenvalue weighted by Crippen LogP contribution is -2.56. The molecule has 1 rings (SSSR count). The normalized spacial score (nSPS) is 12.8. The minimum absolute atomic E-state index is 0.0611. The van der Waals surface area contributed by atoms with Gasteiger partial charge >= 0.3 is 6.09 Å². The number of phenols is 1. The number of alkyl carbamates (subject to hydrolysis) is 1. The molecule has 31 heavy (non-hydrogen) atoms. The molecule has 0 saturated heterocycles. The van der Waals surface area contributed by atoms with Gasteiger partial charge in [0.15, 0.2) is 0 Å². The van der Waals surface area contributed by atoms with Crippen molar-refractivity contribution in [3.05, 3.63) is 29.8 Å². The second-order valence-corrected chi connectivity index (χ2v) is 9.44. The van der Waals surface area contributed by atoms with Crippen LogP contribution in [0.5, 0.6) is 5.75 Å². The maximum atomic E-state index is 13.3. The van der Waals surface area contributed by atoms with E-state index in [2.05, 4.69) is 10.6 Å². The molecule has 0 radical (unpaired) electrons. The van der Waals surface area contributed by atoms with Crippen molar-refractivity contribution >= 4 is 17.9 Å². The van der Waals surface area contributed by atoms with Crippen LogP contribution in [0.15, 0.2) is 24.3 Å². The zero-order valence-corrected chi connectivity index (χ0v) is 19.9. The van der Waals surface area contributed by atoms with Crippen LogP contribution in [-0.2, 0) is 14.3 Å². The van der Waals surface area contributed by atoms with Crippen molar-refractivity contribution < 1.29 is 24.2 Å². The van der Waals surface area contributed by atoms with Crippen molar-refractivity contribution in [2.45, 2.75) is 85.0 Å². The minimum atomic E-state index is -0.939. The molecule has 0 heterocycles. The molecule has 3 N–H and O–H groups in total. The molecule has 1 atom stereocenters. The maximum Gasteiger partial charge on any atom is 0.408 e. The van der Waals surface area contributed by atoms with Crippen molar-refractivity contribution in [2.75, 3.05) is 6.54 Å². The molecule has 0 aromatic heterocycles. The highest BCUT2D eigenvalue weighted by Crippen LogP contribution is 2.32. The summed E-state index contributed by atoms with van der Waals surface area (Å²) in [6.07, 6.45) is -0.128. The Morgan fingerprint density at radius 3 is 2.06 bits per heavy atom. The van der Waals surface area contributed by atoms with Gasteiger partial charge in [0, 0.05) is 11.6 Å². The predicted molar refractivity (Wildman–Crippen MR) is 120 cm³/mol. The van der Waals surface area contributed by atoms with Crippen LogP contribution < -0.4 is 10.6 Å². The molecule has 1 aromatic carbocycles. The number of nitrogens with one attached hydrogen (secondary N) is 2. The minimum Gasteiger partial charge on any atom is -0.508 e. The zero-order valence-electron chi connectivity index (χ0n) is 19.9. The number of ether oxygens (including phenoxy) is 1. The summed E-state index contributed by atoms with van der Waals surface area (Å²) in [6, 6.07) is 5.12. The average molecular weight is 436 g/mol. The first-order valence-corrected chi connectivity index (χ1v) is 10.6. The first kappa shape index (κ1) is 26.3. The van der Waals surface area contributed by atoms with Crippen LogP contribution >= 0.6 is 0 Å². The van der Waals surface area contributed by atoms with E-state index in [0.29, 0.717) is 12.0 Å². The number of aromatic hydroxyl groups is 1. The molecule has 8 heteroatoms. The van der Waals surface area contributed by atoms with Gasteiger partial charge in [-0.05, 0) is 72.6 Å². The lowest BCUT2D eigenvalue weighted by atomic mass is 9.92. The van der Waals surface area contributed by atoms with Crippen LogP contribution in [-0.4, -0.2) is 51.6 Å². The van der Waals surface area contributed by atoms with Gasteiger partial charge in [0.05, 0.1) is 0 Å². The molecule has 3 amide bonds. The molecule has 0 aliphatic rings. The zero-order chi connectivity index (χ0) is 24.0. The van der Waals surface area contributed by atoms with Gasteiger partial charge in [-0.15, -0.1) is 0 Å². The summed E-state index contributed by atoms with van der Waals surface area (Å²) < 4.78 is 5.21. The van der Waals surface area contributed by atoms with Gasteiger partial charge in [0.1, 0.15) is 23.9 Å². The van der Waals surface area contributed by atoms with Crippen LogP contribution in [0.25, 0.3) is 0 Å². The van der Waals surface area contributed by atoms with Gasteiger partial charge in [-0.1, -0.05) is 19.1 Å². The fraction of sp³-hybridized carbons (Fsp3) is 0.609. The standard InChI is InChI=1S/C23H37N3O5/c1-9-23(7,8)26(18(28)14-24-21(30)31-22(4,5)6)19(20(29)25-15(2)3)16-10-12-17(27)13-11-16/h10-13,15,19,27H,9,14H2,1-8H3,(H,24,30)(H,25,29). The number of hydrogen-bond acceptors (Lipinski definition) is 5. The summed E-state index contributed by atoms with van der Waals surface area (Å²) in [5, 5.41) is 15.0.